The fraction of sp³-hybridized carbons (Fsp3) is 0.600. The molecule has 1 atom stereocenters. The van der Waals surface area contributed by atoms with Gasteiger partial charge in [0.15, 0.2) is 11.0 Å². The van der Waals surface area contributed by atoms with E-state index in [1.165, 1.54) is 0 Å². The van der Waals surface area contributed by atoms with Crippen LogP contribution in [-0.4, -0.2) is 58.0 Å². The number of nitrogens with two attached hydrogens (primary N) is 1. The van der Waals surface area contributed by atoms with Gasteiger partial charge in [0.2, 0.25) is 0 Å². The SMILES string of the molecule is OCC[NH2+]CCSc1nnc(-c2cccs2)n1C[C@H]1CCCO1. The van der Waals surface area contributed by atoms with E-state index < -0.39 is 0 Å². The summed E-state index contributed by atoms with van der Waals surface area (Å²) in [5, 5.41) is 22.8. The zero-order valence-corrected chi connectivity index (χ0v) is 14.7. The summed E-state index contributed by atoms with van der Waals surface area (Å²) in [6.07, 6.45) is 2.51. The predicted octanol–water partition coefficient (Wildman–Crippen LogP) is 0.833. The minimum atomic E-state index is 0.225. The van der Waals surface area contributed by atoms with Crippen molar-refractivity contribution in [3.63, 3.8) is 0 Å². The molecule has 0 aliphatic carbocycles. The highest BCUT2D eigenvalue weighted by Crippen LogP contribution is 2.28. The number of hydrogen-bond donors (Lipinski definition) is 2. The molecule has 3 N–H and O–H groups in total. The number of aromatic nitrogens is 3. The second kappa shape index (κ2) is 8.79. The normalized spacial score (nSPS) is 17.9. The zero-order chi connectivity index (χ0) is 15.9. The molecule has 1 saturated heterocycles. The standard InChI is InChI=1S/C15H22N4O2S2/c20-7-5-16-6-10-23-15-18-17-14(13-4-2-9-22-13)19(15)11-12-3-1-8-21-12/h2,4,9,12,16,20H,1,3,5-8,10-11H2/p+1/t12-/m1/s1. The molecule has 0 aromatic carbocycles. The molecule has 6 nitrogen and oxygen atoms in total. The molecule has 0 bridgehead atoms. The summed E-state index contributed by atoms with van der Waals surface area (Å²) in [5.74, 6) is 1.89. The number of aliphatic hydroxyl groups is 1. The van der Waals surface area contributed by atoms with Crippen LogP contribution in [0.1, 0.15) is 12.8 Å². The second-order valence-electron chi connectivity index (χ2n) is 5.47. The molecule has 1 aliphatic rings. The van der Waals surface area contributed by atoms with Gasteiger partial charge in [0.05, 0.1) is 43.0 Å². The van der Waals surface area contributed by atoms with Gasteiger partial charge in [-0.2, -0.15) is 0 Å². The first-order chi connectivity index (χ1) is 11.4. The van der Waals surface area contributed by atoms with Gasteiger partial charge in [-0.05, 0) is 24.3 Å². The lowest BCUT2D eigenvalue weighted by atomic mass is 10.2. The second-order valence-corrected chi connectivity index (χ2v) is 7.48. The maximum Gasteiger partial charge on any atom is 0.191 e. The molecule has 0 radical (unpaired) electrons. The number of rotatable bonds is 9. The van der Waals surface area contributed by atoms with Crippen LogP contribution in [0.2, 0.25) is 0 Å². The van der Waals surface area contributed by atoms with Crippen molar-refractivity contribution < 1.29 is 15.2 Å². The van der Waals surface area contributed by atoms with Crippen molar-refractivity contribution >= 4 is 23.1 Å². The fourth-order valence-electron chi connectivity index (χ4n) is 2.61. The van der Waals surface area contributed by atoms with Crippen molar-refractivity contribution in [3.8, 4) is 10.7 Å². The average molecular weight is 356 g/mol. The third-order valence-corrected chi connectivity index (χ3v) is 5.62. The van der Waals surface area contributed by atoms with Crippen LogP contribution < -0.4 is 5.32 Å². The Labute approximate surface area is 144 Å². The Balaban J connectivity index is 1.70. The monoisotopic (exact) mass is 355 g/mol. The zero-order valence-electron chi connectivity index (χ0n) is 13.1. The number of thiophene rings is 1. The molecule has 0 saturated carbocycles. The van der Waals surface area contributed by atoms with E-state index in [-0.39, 0.29) is 12.7 Å². The van der Waals surface area contributed by atoms with Gasteiger partial charge in [0.1, 0.15) is 0 Å². The van der Waals surface area contributed by atoms with E-state index in [0.29, 0.717) is 0 Å². The maximum atomic E-state index is 8.82. The predicted molar refractivity (Wildman–Crippen MR) is 91.8 cm³/mol. The van der Waals surface area contributed by atoms with Crippen molar-refractivity contribution in [1.82, 2.24) is 14.8 Å². The molecule has 3 heterocycles. The molecule has 126 valence electrons. The lowest BCUT2D eigenvalue weighted by molar-refractivity contribution is -0.651. The van der Waals surface area contributed by atoms with Gasteiger partial charge in [-0.1, -0.05) is 17.8 Å². The number of hydrogen-bond acceptors (Lipinski definition) is 6. The van der Waals surface area contributed by atoms with Crippen molar-refractivity contribution in [1.29, 1.82) is 0 Å². The Morgan fingerprint density at radius 3 is 3.13 bits per heavy atom. The smallest absolute Gasteiger partial charge is 0.191 e. The summed E-state index contributed by atoms with van der Waals surface area (Å²) in [6.45, 7) is 3.63. The fourth-order valence-corrected chi connectivity index (χ4v) is 4.21. The Morgan fingerprint density at radius 2 is 2.39 bits per heavy atom. The minimum absolute atomic E-state index is 0.225. The highest BCUT2D eigenvalue weighted by atomic mass is 32.2. The number of ether oxygens (including phenoxy) is 1. The van der Waals surface area contributed by atoms with E-state index >= 15 is 0 Å². The van der Waals surface area contributed by atoms with Crippen molar-refractivity contribution in [2.45, 2.75) is 30.6 Å². The third kappa shape index (κ3) is 4.54. The van der Waals surface area contributed by atoms with E-state index in [1.54, 1.807) is 23.1 Å². The highest BCUT2D eigenvalue weighted by Gasteiger charge is 2.22. The summed E-state index contributed by atoms with van der Waals surface area (Å²) in [5.41, 5.74) is 0. The van der Waals surface area contributed by atoms with Gasteiger partial charge in [-0.15, -0.1) is 21.5 Å². The molecular formula is C15H23N4O2S2+. The Kier molecular flexibility index (Phi) is 6.46. The summed E-state index contributed by atoms with van der Waals surface area (Å²) in [4.78, 5) is 1.15. The van der Waals surface area contributed by atoms with Crippen LogP contribution in [0.25, 0.3) is 10.7 Å². The first kappa shape index (κ1) is 16.9. The molecule has 0 amide bonds. The Bertz CT molecular complexity index is 582. The lowest BCUT2D eigenvalue weighted by Gasteiger charge is -2.14. The topological polar surface area (TPSA) is 76.8 Å². The van der Waals surface area contributed by atoms with Crippen LogP contribution in [0.3, 0.4) is 0 Å². The van der Waals surface area contributed by atoms with Crippen LogP contribution in [0.5, 0.6) is 0 Å². The Hall–Kier alpha value is -0.930. The van der Waals surface area contributed by atoms with Crippen LogP contribution in [0.15, 0.2) is 22.7 Å². The molecule has 8 heteroatoms. The molecular weight excluding hydrogens is 332 g/mol. The van der Waals surface area contributed by atoms with Gasteiger partial charge in [0, 0.05) is 6.61 Å². The molecule has 2 aromatic heterocycles. The van der Waals surface area contributed by atoms with E-state index in [4.69, 9.17) is 9.84 Å². The molecule has 1 aliphatic heterocycles. The largest absolute Gasteiger partial charge is 0.391 e. The minimum Gasteiger partial charge on any atom is -0.391 e. The van der Waals surface area contributed by atoms with Gasteiger partial charge in [0.25, 0.3) is 0 Å². The number of quaternary nitrogens is 1. The van der Waals surface area contributed by atoms with Crippen LogP contribution in [0.4, 0.5) is 0 Å². The summed E-state index contributed by atoms with van der Waals surface area (Å²) >= 11 is 3.41. The first-order valence-electron chi connectivity index (χ1n) is 8.02. The van der Waals surface area contributed by atoms with Gasteiger partial charge >= 0.3 is 0 Å². The summed E-state index contributed by atoms with van der Waals surface area (Å²) < 4.78 is 8.00. The summed E-state index contributed by atoms with van der Waals surface area (Å²) in [7, 11) is 0. The van der Waals surface area contributed by atoms with E-state index in [9.17, 15) is 0 Å². The molecule has 2 aromatic rings. The maximum absolute atomic E-state index is 8.82. The first-order valence-corrected chi connectivity index (χ1v) is 9.89. The summed E-state index contributed by atoms with van der Waals surface area (Å²) in [6, 6.07) is 4.13. The van der Waals surface area contributed by atoms with Gasteiger partial charge in [-0.3, -0.25) is 4.57 Å². The van der Waals surface area contributed by atoms with E-state index in [2.05, 4.69) is 31.5 Å². The number of nitrogens with zero attached hydrogens (tertiary/aromatic N) is 3. The quantitative estimate of drug-likeness (QED) is 0.515. The molecule has 3 rings (SSSR count). The van der Waals surface area contributed by atoms with Gasteiger partial charge < -0.3 is 15.2 Å². The third-order valence-electron chi connectivity index (χ3n) is 3.75. The van der Waals surface area contributed by atoms with Crippen LogP contribution in [-0.2, 0) is 11.3 Å². The van der Waals surface area contributed by atoms with Crippen molar-refractivity contribution in [2.75, 3.05) is 32.1 Å². The highest BCUT2D eigenvalue weighted by molar-refractivity contribution is 7.99. The molecule has 0 unspecified atom stereocenters. The number of thioether (sulfide) groups is 1. The lowest BCUT2D eigenvalue weighted by Crippen LogP contribution is -2.85. The number of aliphatic hydroxyl groups excluding tert-OH is 1. The van der Waals surface area contributed by atoms with Crippen LogP contribution >= 0.6 is 23.1 Å². The van der Waals surface area contributed by atoms with Crippen molar-refractivity contribution in [2.24, 2.45) is 0 Å². The molecule has 23 heavy (non-hydrogen) atoms. The van der Waals surface area contributed by atoms with Gasteiger partial charge in [-0.25, -0.2) is 0 Å². The molecule has 1 fully saturated rings. The van der Waals surface area contributed by atoms with E-state index in [1.807, 2.05) is 6.07 Å². The van der Waals surface area contributed by atoms with Crippen molar-refractivity contribution in [3.05, 3.63) is 17.5 Å². The average Bonchev–Trinajstić information content (AvgIpc) is 3.29. The van der Waals surface area contributed by atoms with Crippen LogP contribution in [0, 0.1) is 0 Å². The van der Waals surface area contributed by atoms with E-state index in [0.717, 1.165) is 60.7 Å². The Morgan fingerprint density at radius 1 is 1.43 bits per heavy atom. The molecule has 0 spiro atoms.